The number of benzene rings is 3. The van der Waals surface area contributed by atoms with Crippen LogP contribution in [0.15, 0.2) is 86.2 Å². The van der Waals surface area contributed by atoms with Crippen molar-refractivity contribution in [2.75, 3.05) is 13.7 Å². The van der Waals surface area contributed by atoms with Gasteiger partial charge >= 0.3 is 5.97 Å². The van der Waals surface area contributed by atoms with Gasteiger partial charge in [0.1, 0.15) is 12.4 Å². The third-order valence-electron chi connectivity index (χ3n) is 6.55. The molecule has 3 aromatic carbocycles. The third kappa shape index (κ3) is 6.06. The van der Waals surface area contributed by atoms with Gasteiger partial charge in [0.25, 0.3) is 5.56 Å². The van der Waals surface area contributed by atoms with Crippen LogP contribution in [0.25, 0.3) is 6.08 Å². The van der Waals surface area contributed by atoms with Crippen LogP contribution in [0.2, 0.25) is 5.02 Å². The molecule has 1 aliphatic rings. The Morgan fingerprint density at radius 1 is 1.17 bits per heavy atom. The van der Waals surface area contributed by atoms with E-state index >= 15 is 0 Å². The second-order valence-corrected chi connectivity index (χ2v) is 11.6. The first kappa shape index (κ1) is 29.8. The molecule has 216 valence electrons. The highest BCUT2D eigenvalue weighted by atomic mass is 79.9. The number of hydrogen-bond donors (Lipinski definition) is 0. The molecule has 0 saturated carbocycles. The Balaban J connectivity index is 1.56. The molecule has 0 N–H and O–H groups in total. The van der Waals surface area contributed by atoms with Crippen LogP contribution >= 0.6 is 38.9 Å². The van der Waals surface area contributed by atoms with E-state index < -0.39 is 17.8 Å². The number of halogens is 3. The number of methoxy groups -OCH3 is 1. The number of allylic oxidation sites excluding steroid dienone is 1. The summed E-state index contributed by atoms with van der Waals surface area (Å²) >= 11 is 10.7. The van der Waals surface area contributed by atoms with Gasteiger partial charge in [-0.2, -0.15) is 0 Å². The molecule has 0 amide bonds. The van der Waals surface area contributed by atoms with Crippen LogP contribution in [0.3, 0.4) is 0 Å². The lowest BCUT2D eigenvalue weighted by Crippen LogP contribution is -2.39. The molecule has 1 aromatic heterocycles. The van der Waals surface area contributed by atoms with Crippen molar-refractivity contribution in [2.45, 2.75) is 26.5 Å². The zero-order valence-corrected chi connectivity index (χ0v) is 26.0. The summed E-state index contributed by atoms with van der Waals surface area (Å²) in [5.74, 6) is -0.0195. The quantitative estimate of drug-likeness (QED) is 0.217. The highest BCUT2D eigenvalue weighted by Crippen LogP contribution is 2.37. The maximum atomic E-state index is 13.8. The molecule has 5 rings (SSSR count). The highest BCUT2D eigenvalue weighted by Gasteiger charge is 2.33. The van der Waals surface area contributed by atoms with Crippen LogP contribution in [0.4, 0.5) is 4.39 Å². The molecule has 0 spiro atoms. The van der Waals surface area contributed by atoms with E-state index in [1.807, 2.05) is 18.2 Å². The number of thiazole rings is 1. The van der Waals surface area contributed by atoms with Crippen LogP contribution in [0.5, 0.6) is 11.5 Å². The van der Waals surface area contributed by atoms with Gasteiger partial charge < -0.3 is 14.2 Å². The lowest BCUT2D eigenvalue weighted by molar-refractivity contribution is -0.139. The van der Waals surface area contributed by atoms with Gasteiger partial charge in [0.2, 0.25) is 0 Å². The average Bonchev–Trinajstić information content (AvgIpc) is 3.26. The van der Waals surface area contributed by atoms with Crippen molar-refractivity contribution in [3.63, 3.8) is 0 Å². The van der Waals surface area contributed by atoms with Crippen LogP contribution < -0.4 is 24.4 Å². The number of ether oxygens (including phenoxy) is 3. The summed E-state index contributed by atoms with van der Waals surface area (Å²) in [6, 6.07) is 15.8. The normalized spacial score (nSPS) is 14.8. The Kier molecular flexibility index (Phi) is 8.96. The van der Waals surface area contributed by atoms with E-state index in [4.69, 9.17) is 25.8 Å². The van der Waals surface area contributed by atoms with Gasteiger partial charge in [-0.1, -0.05) is 47.2 Å². The number of esters is 1. The summed E-state index contributed by atoms with van der Waals surface area (Å²) in [6.07, 6.45) is 1.73. The Labute approximate surface area is 258 Å². The average molecular weight is 672 g/mol. The number of hydrogen-bond acceptors (Lipinski definition) is 7. The number of aromatic nitrogens is 1. The summed E-state index contributed by atoms with van der Waals surface area (Å²) in [7, 11) is 1.54. The van der Waals surface area contributed by atoms with Crippen LogP contribution in [-0.2, 0) is 16.1 Å². The fraction of sp³-hybridized carbons (Fsp3) is 0.194. The molecule has 0 aliphatic carbocycles. The first-order valence-corrected chi connectivity index (χ1v) is 14.9. The van der Waals surface area contributed by atoms with Gasteiger partial charge in [-0.15, -0.1) is 0 Å². The van der Waals surface area contributed by atoms with Crippen molar-refractivity contribution in [3.05, 3.63) is 124 Å². The number of nitrogens with zero attached hydrogens (tertiary/aromatic N) is 2. The van der Waals surface area contributed by atoms with E-state index in [9.17, 15) is 14.0 Å². The van der Waals surface area contributed by atoms with Crippen LogP contribution in [0.1, 0.15) is 36.6 Å². The van der Waals surface area contributed by atoms with Crippen molar-refractivity contribution in [2.24, 2.45) is 4.99 Å². The van der Waals surface area contributed by atoms with E-state index in [-0.39, 0.29) is 17.7 Å². The fourth-order valence-corrected chi connectivity index (χ4v) is 6.35. The van der Waals surface area contributed by atoms with Gasteiger partial charge in [-0.05, 0) is 88.9 Å². The molecule has 0 bridgehead atoms. The van der Waals surface area contributed by atoms with Crippen LogP contribution in [-0.4, -0.2) is 24.3 Å². The third-order valence-corrected chi connectivity index (χ3v) is 8.37. The highest BCUT2D eigenvalue weighted by molar-refractivity contribution is 9.10. The van der Waals surface area contributed by atoms with Gasteiger partial charge in [-0.25, -0.2) is 14.2 Å². The van der Waals surface area contributed by atoms with Crippen molar-refractivity contribution in [3.8, 4) is 11.5 Å². The number of carbonyl (C=O) groups is 1. The molecular formula is C31H25BrClFN2O5S. The number of carbonyl (C=O) groups excluding carboxylic acids is 1. The molecule has 0 radical (unpaired) electrons. The summed E-state index contributed by atoms with van der Waals surface area (Å²) in [5, 5.41) is 0.642. The second kappa shape index (κ2) is 12.6. The predicted octanol–water partition coefficient (Wildman–Crippen LogP) is 5.94. The monoisotopic (exact) mass is 670 g/mol. The smallest absolute Gasteiger partial charge is 0.338 e. The van der Waals surface area contributed by atoms with Crippen molar-refractivity contribution >= 4 is 50.9 Å². The Morgan fingerprint density at radius 2 is 1.88 bits per heavy atom. The fourth-order valence-electron chi connectivity index (χ4n) is 4.60. The molecule has 0 saturated heterocycles. The Hall–Kier alpha value is -3.73. The van der Waals surface area contributed by atoms with E-state index in [0.29, 0.717) is 53.8 Å². The molecule has 0 unspecified atom stereocenters. The lowest BCUT2D eigenvalue weighted by atomic mass is 9.96. The van der Waals surface area contributed by atoms with Gasteiger partial charge in [0.05, 0.1) is 40.0 Å². The SMILES string of the molecule is CCOC(=O)C1=C(C)N=c2s/c(=C\c3cc(Br)c(OCc4ccc(Cl)cc4)c(OC)c3)c(=O)n2[C@@H]1c1ccc(F)cc1. The topological polar surface area (TPSA) is 79.1 Å². The lowest BCUT2D eigenvalue weighted by Gasteiger charge is -2.24. The van der Waals surface area contributed by atoms with Gasteiger partial charge in [0, 0.05) is 5.02 Å². The number of rotatable bonds is 8. The summed E-state index contributed by atoms with van der Waals surface area (Å²) in [4.78, 5) is 31.8. The van der Waals surface area contributed by atoms with E-state index in [2.05, 4.69) is 20.9 Å². The molecule has 1 aliphatic heterocycles. The minimum atomic E-state index is -0.826. The van der Waals surface area contributed by atoms with Crippen molar-refractivity contribution in [1.82, 2.24) is 4.57 Å². The maximum Gasteiger partial charge on any atom is 0.338 e. The minimum Gasteiger partial charge on any atom is -0.493 e. The van der Waals surface area contributed by atoms with E-state index in [1.54, 1.807) is 50.3 Å². The van der Waals surface area contributed by atoms with E-state index in [1.165, 1.54) is 35.1 Å². The molecule has 2 heterocycles. The van der Waals surface area contributed by atoms with Crippen molar-refractivity contribution < 1.29 is 23.4 Å². The molecule has 11 heteroatoms. The Bertz CT molecular complexity index is 1870. The number of fused-ring (bicyclic) bond motifs is 1. The molecule has 1 atom stereocenters. The predicted molar refractivity (Wildman–Crippen MR) is 163 cm³/mol. The maximum absolute atomic E-state index is 13.8. The molecule has 42 heavy (non-hydrogen) atoms. The summed E-state index contributed by atoms with van der Waals surface area (Å²) in [5.41, 5.74) is 2.50. The molecule has 7 nitrogen and oxygen atoms in total. The standard InChI is InChI=1S/C31H25BrClFN2O5S/c1-4-40-30(38)26-17(2)35-31-36(27(26)20-7-11-22(34)12-8-20)29(37)25(42-31)15-19-13-23(32)28(24(14-19)39-3)41-16-18-5-9-21(33)10-6-18/h5-15,27H,4,16H2,1-3H3/b25-15-/t27-/m1/s1. The zero-order chi connectivity index (χ0) is 30.0. The van der Waals surface area contributed by atoms with E-state index in [0.717, 1.165) is 5.56 Å². The first-order chi connectivity index (χ1) is 20.2. The molecule has 4 aromatic rings. The molecular weight excluding hydrogens is 647 g/mol. The summed E-state index contributed by atoms with van der Waals surface area (Å²) < 4.78 is 33.2. The second-order valence-electron chi connectivity index (χ2n) is 9.30. The largest absolute Gasteiger partial charge is 0.493 e. The zero-order valence-electron chi connectivity index (χ0n) is 22.8. The van der Waals surface area contributed by atoms with Gasteiger partial charge in [-0.3, -0.25) is 9.36 Å². The Morgan fingerprint density at radius 3 is 2.55 bits per heavy atom. The van der Waals surface area contributed by atoms with Crippen LogP contribution in [0, 0.1) is 5.82 Å². The summed E-state index contributed by atoms with van der Waals surface area (Å²) in [6.45, 7) is 3.86. The minimum absolute atomic E-state index is 0.159. The van der Waals surface area contributed by atoms with Crippen molar-refractivity contribution in [1.29, 1.82) is 0 Å². The first-order valence-electron chi connectivity index (χ1n) is 12.9. The molecule has 0 fully saturated rings. The van der Waals surface area contributed by atoms with Gasteiger partial charge in [0.15, 0.2) is 16.3 Å².